The van der Waals surface area contributed by atoms with Crippen molar-refractivity contribution < 1.29 is 13.6 Å². The number of ketones is 1. The van der Waals surface area contributed by atoms with Crippen molar-refractivity contribution >= 4 is 5.78 Å². The molecule has 0 radical (unpaired) electrons. The number of nitrogens with zero attached hydrogens (tertiary/aromatic N) is 1. The largest absolute Gasteiger partial charge is 0.297 e. The summed E-state index contributed by atoms with van der Waals surface area (Å²) >= 11 is 0. The van der Waals surface area contributed by atoms with E-state index in [1.165, 1.54) is 19.1 Å². The van der Waals surface area contributed by atoms with Crippen LogP contribution in [0.2, 0.25) is 0 Å². The molecule has 2 unspecified atom stereocenters. The van der Waals surface area contributed by atoms with Crippen LogP contribution in [0.5, 0.6) is 0 Å². The van der Waals surface area contributed by atoms with E-state index >= 15 is 0 Å². The second-order valence-corrected chi connectivity index (χ2v) is 6.51. The third-order valence-corrected chi connectivity index (χ3v) is 4.77. The molecule has 0 amide bonds. The van der Waals surface area contributed by atoms with Gasteiger partial charge in [0.05, 0.1) is 11.1 Å². The molecule has 1 aromatic carbocycles. The van der Waals surface area contributed by atoms with E-state index in [4.69, 9.17) is 0 Å². The zero-order chi connectivity index (χ0) is 15.8. The monoisotopic (exact) mass is 295 g/mol. The maximum Gasteiger partial charge on any atom is 0.186 e. The van der Waals surface area contributed by atoms with Gasteiger partial charge in [0.15, 0.2) is 17.4 Å². The van der Waals surface area contributed by atoms with E-state index in [9.17, 15) is 13.6 Å². The average Bonchev–Trinajstić information content (AvgIpc) is 2.44. The van der Waals surface area contributed by atoms with Crippen molar-refractivity contribution in [2.75, 3.05) is 14.1 Å². The number of Topliss-reactive ketones (excluding diaryl/α,β-unsaturated/α-hetero) is 1. The number of halogens is 2. The summed E-state index contributed by atoms with van der Waals surface area (Å²) < 4.78 is 28.0. The van der Waals surface area contributed by atoms with Crippen LogP contribution in [0.25, 0.3) is 0 Å². The summed E-state index contributed by atoms with van der Waals surface area (Å²) in [4.78, 5) is 14.8. The smallest absolute Gasteiger partial charge is 0.186 e. The number of benzene rings is 1. The van der Waals surface area contributed by atoms with Crippen molar-refractivity contribution in [3.8, 4) is 0 Å². The molecule has 2 rings (SSSR count). The van der Waals surface area contributed by atoms with Crippen LogP contribution in [0, 0.1) is 24.5 Å². The average molecular weight is 295 g/mol. The summed E-state index contributed by atoms with van der Waals surface area (Å²) in [6.45, 7) is 3.60. The van der Waals surface area contributed by atoms with Crippen LogP contribution in [0.4, 0.5) is 8.78 Å². The number of carbonyl (C=O) groups is 1. The fraction of sp³-hybridized carbons (Fsp3) is 0.588. The molecule has 1 aliphatic carbocycles. The van der Waals surface area contributed by atoms with E-state index in [0.717, 1.165) is 12.8 Å². The first kappa shape index (κ1) is 16.1. The predicted molar refractivity (Wildman–Crippen MR) is 79.5 cm³/mol. The van der Waals surface area contributed by atoms with Crippen LogP contribution in [0.15, 0.2) is 12.1 Å². The normalized spacial score (nSPS) is 26.1. The summed E-state index contributed by atoms with van der Waals surface area (Å²) in [6.07, 6.45) is 3.39. The van der Waals surface area contributed by atoms with Gasteiger partial charge in [0.25, 0.3) is 0 Å². The lowest BCUT2D eigenvalue weighted by atomic mass is 9.71. The highest BCUT2D eigenvalue weighted by Crippen LogP contribution is 2.38. The van der Waals surface area contributed by atoms with Gasteiger partial charge >= 0.3 is 0 Å². The van der Waals surface area contributed by atoms with E-state index in [-0.39, 0.29) is 16.9 Å². The molecule has 4 heteroatoms. The Hall–Kier alpha value is -1.29. The minimum atomic E-state index is -1.01. The number of aryl methyl sites for hydroxylation is 1. The maximum absolute atomic E-state index is 14.2. The molecular weight excluding hydrogens is 272 g/mol. The minimum absolute atomic E-state index is 0.124. The van der Waals surface area contributed by atoms with Crippen LogP contribution < -0.4 is 0 Å². The minimum Gasteiger partial charge on any atom is -0.297 e. The molecule has 2 atom stereocenters. The third-order valence-electron chi connectivity index (χ3n) is 4.77. The van der Waals surface area contributed by atoms with Crippen molar-refractivity contribution in [3.05, 3.63) is 34.9 Å². The number of carbonyl (C=O) groups excluding carboxylic acids is 1. The topological polar surface area (TPSA) is 20.3 Å². The molecule has 0 aromatic heterocycles. The highest BCUT2D eigenvalue weighted by atomic mass is 19.2. The molecule has 1 fully saturated rings. The highest BCUT2D eigenvalue weighted by Gasteiger charge is 2.44. The zero-order valence-corrected chi connectivity index (χ0v) is 13.2. The standard InChI is InChI=1S/C17H23F2NO/c1-11-6-5-9-17(10-11,20(3)4)16(21)13-8-7-12(2)14(18)15(13)19/h7-8,11H,5-6,9-10H2,1-4H3. The molecule has 2 nitrogen and oxygen atoms in total. The SMILES string of the molecule is Cc1ccc(C(=O)C2(N(C)C)CCCC(C)C2)c(F)c1F. The van der Waals surface area contributed by atoms with E-state index < -0.39 is 17.2 Å². The Kier molecular flexibility index (Phi) is 4.47. The fourth-order valence-corrected chi connectivity index (χ4v) is 3.41. The number of hydrogen-bond donors (Lipinski definition) is 0. The quantitative estimate of drug-likeness (QED) is 0.787. The Morgan fingerprint density at radius 2 is 1.95 bits per heavy atom. The fourth-order valence-electron chi connectivity index (χ4n) is 3.41. The lowest BCUT2D eigenvalue weighted by molar-refractivity contribution is 0.0481. The molecule has 0 spiro atoms. The van der Waals surface area contributed by atoms with Gasteiger partial charge in [-0.15, -0.1) is 0 Å². The molecule has 0 heterocycles. The van der Waals surface area contributed by atoms with E-state index in [0.29, 0.717) is 18.8 Å². The Balaban J connectivity index is 2.47. The first-order valence-corrected chi connectivity index (χ1v) is 7.46. The van der Waals surface area contributed by atoms with E-state index in [1.807, 2.05) is 19.0 Å². The molecular formula is C17H23F2NO. The summed E-state index contributed by atoms with van der Waals surface area (Å²) in [5, 5.41) is 0. The molecule has 1 saturated carbocycles. The van der Waals surface area contributed by atoms with Crippen molar-refractivity contribution in [2.24, 2.45) is 5.92 Å². The van der Waals surface area contributed by atoms with Crippen molar-refractivity contribution in [2.45, 2.75) is 45.1 Å². The summed E-state index contributed by atoms with van der Waals surface area (Å²) in [5.74, 6) is -1.82. The van der Waals surface area contributed by atoms with Gasteiger partial charge in [-0.25, -0.2) is 8.78 Å². The van der Waals surface area contributed by atoms with Crippen molar-refractivity contribution in [3.63, 3.8) is 0 Å². The van der Waals surface area contributed by atoms with Crippen LogP contribution in [-0.4, -0.2) is 30.3 Å². The van der Waals surface area contributed by atoms with E-state index in [2.05, 4.69) is 6.92 Å². The molecule has 0 bridgehead atoms. The van der Waals surface area contributed by atoms with Gasteiger partial charge in [0, 0.05) is 0 Å². The van der Waals surface area contributed by atoms with Gasteiger partial charge in [-0.05, 0) is 51.4 Å². The summed E-state index contributed by atoms with van der Waals surface area (Å²) in [7, 11) is 3.69. The second kappa shape index (κ2) is 5.84. The van der Waals surface area contributed by atoms with Gasteiger partial charge in [-0.2, -0.15) is 0 Å². The molecule has 116 valence electrons. The second-order valence-electron chi connectivity index (χ2n) is 6.51. The number of rotatable bonds is 3. The lowest BCUT2D eigenvalue weighted by Gasteiger charge is -2.43. The third kappa shape index (κ3) is 2.73. The van der Waals surface area contributed by atoms with Crippen molar-refractivity contribution in [1.29, 1.82) is 0 Å². The predicted octanol–water partition coefficient (Wildman–Crippen LogP) is 3.97. The first-order valence-electron chi connectivity index (χ1n) is 7.46. The molecule has 0 aliphatic heterocycles. The molecule has 1 aromatic rings. The van der Waals surface area contributed by atoms with Crippen molar-refractivity contribution in [1.82, 2.24) is 4.90 Å². The molecule has 0 N–H and O–H groups in total. The molecule has 21 heavy (non-hydrogen) atoms. The molecule has 1 aliphatic rings. The van der Waals surface area contributed by atoms with E-state index in [1.54, 1.807) is 0 Å². The zero-order valence-electron chi connectivity index (χ0n) is 13.2. The lowest BCUT2D eigenvalue weighted by Crippen LogP contribution is -2.54. The van der Waals surface area contributed by atoms with Gasteiger partial charge < -0.3 is 0 Å². The number of likely N-dealkylation sites (N-methyl/N-ethyl adjacent to an activating group) is 1. The highest BCUT2D eigenvalue weighted by molar-refractivity contribution is 6.03. The Bertz CT molecular complexity index is 556. The maximum atomic E-state index is 14.2. The summed E-state index contributed by atoms with van der Waals surface area (Å²) in [5.41, 5.74) is -0.624. The van der Waals surface area contributed by atoms with Gasteiger partial charge in [-0.1, -0.05) is 25.8 Å². The van der Waals surface area contributed by atoms with Gasteiger partial charge in [0.2, 0.25) is 0 Å². The van der Waals surface area contributed by atoms with Gasteiger partial charge in [0.1, 0.15) is 0 Å². The first-order chi connectivity index (χ1) is 9.79. The Labute approximate surface area is 125 Å². The van der Waals surface area contributed by atoms with Crippen LogP contribution in [-0.2, 0) is 0 Å². The molecule has 0 saturated heterocycles. The van der Waals surface area contributed by atoms with Crippen LogP contribution >= 0.6 is 0 Å². The van der Waals surface area contributed by atoms with Gasteiger partial charge in [-0.3, -0.25) is 9.69 Å². The summed E-state index contributed by atoms with van der Waals surface area (Å²) in [6, 6.07) is 2.89. The van der Waals surface area contributed by atoms with Crippen LogP contribution in [0.1, 0.15) is 48.5 Å². The number of hydrogen-bond acceptors (Lipinski definition) is 2. The Morgan fingerprint density at radius 3 is 2.52 bits per heavy atom. The van der Waals surface area contributed by atoms with Crippen LogP contribution in [0.3, 0.4) is 0 Å². The Morgan fingerprint density at radius 1 is 1.29 bits per heavy atom.